The minimum Gasteiger partial charge on any atom is -0.495 e. The number of nitrogens with zero attached hydrogens (tertiary/aromatic N) is 1. The van der Waals surface area contributed by atoms with Gasteiger partial charge in [0.25, 0.3) is 11.5 Å². The van der Waals surface area contributed by atoms with Gasteiger partial charge < -0.3 is 15.0 Å². The van der Waals surface area contributed by atoms with Crippen molar-refractivity contribution in [3.63, 3.8) is 0 Å². The van der Waals surface area contributed by atoms with Gasteiger partial charge in [0.2, 0.25) is 0 Å². The van der Waals surface area contributed by atoms with Gasteiger partial charge in [-0.15, -0.1) is 0 Å². The Labute approximate surface area is 178 Å². The molecule has 0 bridgehead atoms. The molecule has 1 aliphatic rings. The number of rotatable bonds is 4. The molecule has 31 heavy (non-hydrogen) atoms. The number of hydrogen-bond acceptors (Lipinski definition) is 4. The summed E-state index contributed by atoms with van der Waals surface area (Å²) >= 11 is 0. The highest BCUT2D eigenvalue weighted by atomic mass is 16.5. The third-order valence-electron chi connectivity index (χ3n) is 6.26. The summed E-state index contributed by atoms with van der Waals surface area (Å²) in [6.45, 7) is 0. The van der Waals surface area contributed by atoms with Crippen LogP contribution < -0.4 is 15.6 Å². The number of benzene rings is 2. The molecule has 2 heterocycles. The largest absolute Gasteiger partial charge is 0.495 e. The number of methoxy groups -OCH3 is 1. The van der Waals surface area contributed by atoms with Gasteiger partial charge in [0.05, 0.1) is 23.7 Å². The lowest BCUT2D eigenvalue weighted by molar-refractivity contribution is 0.0921. The van der Waals surface area contributed by atoms with E-state index in [0.717, 1.165) is 53.4 Å². The topological polar surface area (TPSA) is 99.9 Å². The third-order valence-corrected chi connectivity index (χ3v) is 6.26. The molecule has 0 saturated heterocycles. The first kappa shape index (κ1) is 19.4. The molecule has 2 aromatic heterocycles. The van der Waals surface area contributed by atoms with E-state index in [2.05, 4.69) is 20.5 Å². The molecular formula is C24H24N4O3. The summed E-state index contributed by atoms with van der Waals surface area (Å²) in [6.07, 6.45) is 3.56. The molecular weight excluding hydrogens is 392 g/mol. The van der Waals surface area contributed by atoms with Crippen LogP contribution in [0.5, 0.6) is 5.75 Å². The lowest BCUT2D eigenvalue weighted by Crippen LogP contribution is -2.37. The number of nitrogens with one attached hydrogen (secondary N) is 3. The van der Waals surface area contributed by atoms with Crippen LogP contribution >= 0.6 is 0 Å². The van der Waals surface area contributed by atoms with Gasteiger partial charge in [-0.25, -0.2) is 5.10 Å². The molecule has 0 spiro atoms. The molecule has 7 nitrogen and oxygen atoms in total. The van der Waals surface area contributed by atoms with Gasteiger partial charge in [-0.2, -0.15) is 5.10 Å². The van der Waals surface area contributed by atoms with Crippen LogP contribution in [0.4, 0.5) is 0 Å². The summed E-state index contributed by atoms with van der Waals surface area (Å²) in [6, 6.07) is 15.3. The summed E-state index contributed by atoms with van der Waals surface area (Å²) in [7, 11) is 1.62. The van der Waals surface area contributed by atoms with Crippen LogP contribution in [0.3, 0.4) is 0 Å². The molecule has 3 N–H and O–H groups in total. The maximum absolute atomic E-state index is 12.8. The zero-order valence-corrected chi connectivity index (χ0v) is 17.3. The highest BCUT2D eigenvalue weighted by Crippen LogP contribution is 2.34. The summed E-state index contributed by atoms with van der Waals surface area (Å²) in [5.74, 6) is 0.888. The fraction of sp³-hybridized carbons (Fsp3) is 0.292. The average molecular weight is 416 g/mol. The monoisotopic (exact) mass is 416 g/mol. The minimum atomic E-state index is -0.157. The maximum atomic E-state index is 12.8. The smallest absolute Gasteiger partial charge is 0.272 e. The van der Waals surface area contributed by atoms with E-state index in [4.69, 9.17) is 4.74 Å². The van der Waals surface area contributed by atoms with E-state index in [1.807, 2.05) is 48.5 Å². The molecule has 2 aromatic carbocycles. The second-order valence-electron chi connectivity index (χ2n) is 8.11. The van der Waals surface area contributed by atoms with E-state index in [0.29, 0.717) is 11.1 Å². The minimum absolute atomic E-state index is 0.102. The molecule has 1 fully saturated rings. The number of fused-ring (bicyclic) bond motifs is 2. The van der Waals surface area contributed by atoms with Crippen LogP contribution in [0.1, 0.15) is 47.8 Å². The lowest BCUT2D eigenvalue weighted by atomic mass is 9.82. The third kappa shape index (κ3) is 3.56. The van der Waals surface area contributed by atoms with E-state index < -0.39 is 0 Å². The molecule has 7 heteroatoms. The van der Waals surface area contributed by atoms with Crippen molar-refractivity contribution in [2.75, 3.05) is 7.11 Å². The number of aromatic nitrogens is 3. The lowest BCUT2D eigenvalue weighted by Gasteiger charge is -2.29. The van der Waals surface area contributed by atoms with Gasteiger partial charge in [0, 0.05) is 22.7 Å². The first-order valence-electron chi connectivity index (χ1n) is 10.6. The van der Waals surface area contributed by atoms with E-state index in [9.17, 15) is 9.59 Å². The Morgan fingerprint density at radius 2 is 1.84 bits per heavy atom. The van der Waals surface area contributed by atoms with Crippen LogP contribution in [0.2, 0.25) is 0 Å². The quantitative estimate of drug-likeness (QED) is 0.470. The second-order valence-corrected chi connectivity index (χ2v) is 8.11. The standard InChI is InChI=1S/C24H24N4O3/c1-31-20-8-4-5-15-13-19(26-22(15)20)24(30)25-16-11-9-14(10-12-16)21-17-6-2-3-7-18(17)23(29)28-27-21/h2-8,13-14,16,26H,9-12H2,1H3,(H,25,30)(H,28,29)/t14-,16-. The number of amides is 1. The number of carbonyl (C=O) groups excluding carboxylic acids is 1. The number of H-pyrrole nitrogens is 2. The normalized spacial score (nSPS) is 18.9. The van der Waals surface area contributed by atoms with E-state index in [-0.39, 0.29) is 23.4 Å². The van der Waals surface area contributed by atoms with Gasteiger partial charge in [-0.3, -0.25) is 9.59 Å². The predicted molar refractivity (Wildman–Crippen MR) is 120 cm³/mol. The van der Waals surface area contributed by atoms with Crippen molar-refractivity contribution in [3.8, 4) is 5.75 Å². The Bertz CT molecular complexity index is 1320. The summed E-state index contributed by atoms with van der Waals surface area (Å²) in [5.41, 5.74) is 2.16. The van der Waals surface area contributed by atoms with Crippen molar-refractivity contribution >= 4 is 27.6 Å². The van der Waals surface area contributed by atoms with E-state index in [1.54, 1.807) is 7.11 Å². The van der Waals surface area contributed by atoms with Crippen molar-refractivity contribution in [3.05, 3.63) is 70.3 Å². The molecule has 0 unspecified atom stereocenters. The van der Waals surface area contributed by atoms with Crippen molar-refractivity contribution in [2.45, 2.75) is 37.6 Å². The molecule has 1 saturated carbocycles. The van der Waals surface area contributed by atoms with E-state index in [1.165, 1.54) is 0 Å². The maximum Gasteiger partial charge on any atom is 0.272 e. The Morgan fingerprint density at radius 1 is 1.06 bits per heavy atom. The summed E-state index contributed by atoms with van der Waals surface area (Å²) < 4.78 is 5.37. The number of hydrogen-bond donors (Lipinski definition) is 3. The second kappa shape index (κ2) is 7.91. The van der Waals surface area contributed by atoms with Crippen LogP contribution in [0.15, 0.2) is 53.3 Å². The predicted octanol–water partition coefficient (Wildman–Crippen LogP) is 3.87. The summed E-state index contributed by atoms with van der Waals surface area (Å²) in [5, 5.41) is 12.7. The molecule has 0 atom stereocenters. The van der Waals surface area contributed by atoms with Gasteiger partial charge in [0.15, 0.2) is 0 Å². The van der Waals surface area contributed by atoms with Crippen LogP contribution in [-0.4, -0.2) is 34.2 Å². The van der Waals surface area contributed by atoms with Gasteiger partial charge in [-0.05, 0) is 43.9 Å². The van der Waals surface area contributed by atoms with Crippen molar-refractivity contribution in [2.24, 2.45) is 0 Å². The highest BCUT2D eigenvalue weighted by molar-refractivity contribution is 5.99. The van der Waals surface area contributed by atoms with Crippen LogP contribution in [0, 0.1) is 0 Å². The first-order chi connectivity index (χ1) is 15.1. The molecule has 0 radical (unpaired) electrons. The van der Waals surface area contributed by atoms with Gasteiger partial charge in [-0.1, -0.05) is 30.3 Å². The Kier molecular flexibility index (Phi) is 4.94. The fourth-order valence-electron chi connectivity index (χ4n) is 4.64. The van der Waals surface area contributed by atoms with Crippen molar-refractivity contribution < 1.29 is 9.53 Å². The molecule has 1 aliphatic carbocycles. The SMILES string of the molecule is COc1cccc2cc(C(=O)N[C@H]3CC[C@H](c4n[nH]c(=O)c5ccccc54)CC3)[nH]c12. The zero-order chi connectivity index (χ0) is 21.4. The fourth-order valence-corrected chi connectivity index (χ4v) is 4.64. The van der Waals surface area contributed by atoms with E-state index >= 15 is 0 Å². The number of para-hydroxylation sites is 1. The summed E-state index contributed by atoms with van der Waals surface area (Å²) in [4.78, 5) is 28.0. The Morgan fingerprint density at radius 3 is 2.61 bits per heavy atom. The van der Waals surface area contributed by atoms with Crippen molar-refractivity contribution in [1.82, 2.24) is 20.5 Å². The average Bonchev–Trinajstić information content (AvgIpc) is 3.25. The molecule has 158 valence electrons. The zero-order valence-electron chi connectivity index (χ0n) is 17.3. The van der Waals surface area contributed by atoms with Crippen LogP contribution in [0.25, 0.3) is 21.7 Å². The molecule has 0 aliphatic heterocycles. The highest BCUT2D eigenvalue weighted by Gasteiger charge is 2.26. The van der Waals surface area contributed by atoms with Crippen LogP contribution in [-0.2, 0) is 0 Å². The number of aromatic amines is 2. The molecule has 1 amide bonds. The Balaban J connectivity index is 1.28. The number of ether oxygens (including phenoxy) is 1. The van der Waals surface area contributed by atoms with Gasteiger partial charge in [0.1, 0.15) is 11.4 Å². The van der Waals surface area contributed by atoms with Crippen molar-refractivity contribution in [1.29, 1.82) is 0 Å². The molecule has 5 rings (SSSR count). The van der Waals surface area contributed by atoms with Gasteiger partial charge >= 0.3 is 0 Å². The molecule has 4 aromatic rings. The number of carbonyl (C=O) groups is 1. The Hall–Kier alpha value is -3.61. The first-order valence-corrected chi connectivity index (χ1v) is 10.6.